The molecule has 0 saturated heterocycles. The highest BCUT2D eigenvalue weighted by molar-refractivity contribution is 6.12. The SMILES string of the molecule is CC1(C)c2ccccc2-c2ccc(-n3c4ccccc4c4cc(-c5ccc6c(c5)c5ccccc5n6-c5cccc(C#N)c5)ccc43)cc21. The molecule has 0 amide bonds. The van der Waals surface area contributed by atoms with E-state index in [-0.39, 0.29) is 5.41 Å². The third kappa shape index (κ3) is 3.89. The molecule has 0 bridgehead atoms. The Morgan fingerprint density at radius 3 is 1.65 bits per heavy atom. The smallest absolute Gasteiger partial charge is 0.0992 e. The Hall–Kier alpha value is -6.37. The second-order valence-electron chi connectivity index (χ2n) is 13.7. The molecule has 0 fully saturated rings. The topological polar surface area (TPSA) is 33.6 Å². The molecular formula is C46H31N3. The van der Waals surface area contributed by atoms with E-state index < -0.39 is 0 Å². The van der Waals surface area contributed by atoms with E-state index in [9.17, 15) is 5.26 Å². The maximum Gasteiger partial charge on any atom is 0.0992 e. The lowest BCUT2D eigenvalue weighted by molar-refractivity contribution is 0.660. The monoisotopic (exact) mass is 625 g/mol. The van der Waals surface area contributed by atoms with Gasteiger partial charge in [0.2, 0.25) is 0 Å². The quantitative estimate of drug-likeness (QED) is 0.192. The molecule has 0 spiro atoms. The summed E-state index contributed by atoms with van der Waals surface area (Å²) in [5.74, 6) is 0. The van der Waals surface area contributed by atoms with Crippen LogP contribution in [0.3, 0.4) is 0 Å². The molecule has 0 N–H and O–H groups in total. The summed E-state index contributed by atoms with van der Waals surface area (Å²) in [6, 6.07) is 57.0. The first kappa shape index (κ1) is 27.7. The fraction of sp³-hybridized carbons (Fsp3) is 0.0652. The minimum atomic E-state index is -0.0614. The van der Waals surface area contributed by atoms with Crippen LogP contribution < -0.4 is 0 Å². The second kappa shape index (κ2) is 10.1. The molecule has 230 valence electrons. The van der Waals surface area contributed by atoms with Crippen molar-refractivity contribution in [3.63, 3.8) is 0 Å². The average Bonchev–Trinajstić information content (AvgIpc) is 3.74. The van der Waals surface area contributed by atoms with Crippen LogP contribution in [0.25, 0.3) is 77.2 Å². The normalized spacial score (nSPS) is 13.2. The van der Waals surface area contributed by atoms with E-state index in [1.807, 2.05) is 18.2 Å². The van der Waals surface area contributed by atoms with Crippen molar-refractivity contribution < 1.29 is 0 Å². The molecule has 0 saturated carbocycles. The highest BCUT2D eigenvalue weighted by Gasteiger charge is 2.35. The fourth-order valence-corrected chi connectivity index (χ4v) is 8.41. The van der Waals surface area contributed by atoms with E-state index in [0.717, 1.165) is 16.7 Å². The minimum Gasteiger partial charge on any atom is -0.309 e. The van der Waals surface area contributed by atoms with Gasteiger partial charge < -0.3 is 9.13 Å². The zero-order valence-corrected chi connectivity index (χ0v) is 27.3. The van der Waals surface area contributed by atoms with Crippen LogP contribution in [-0.2, 0) is 5.41 Å². The maximum atomic E-state index is 9.59. The molecule has 7 aromatic carbocycles. The van der Waals surface area contributed by atoms with Gasteiger partial charge in [-0.05, 0) is 100 Å². The molecule has 10 rings (SSSR count). The Morgan fingerprint density at radius 2 is 1.00 bits per heavy atom. The Morgan fingerprint density at radius 1 is 0.449 bits per heavy atom. The summed E-state index contributed by atoms with van der Waals surface area (Å²) in [5, 5.41) is 14.5. The molecule has 1 aliphatic carbocycles. The number of nitrogens with zero attached hydrogens (tertiary/aromatic N) is 3. The van der Waals surface area contributed by atoms with Crippen molar-refractivity contribution in [2.45, 2.75) is 19.3 Å². The first-order valence-corrected chi connectivity index (χ1v) is 16.8. The summed E-state index contributed by atoms with van der Waals surface area (Å²) < 4.78 is 4.70. The van der Waals surface area contributed by atoms with Crippen molar-refractivity contribution in [2.75, 3.05) is 0 Å². The zero-order valence-electron chi connectivity index (χ0n) is 27.3. The summed E-state index contributed by atoms with van der Waals surface area (Å²) in [7, 11) is 0. The zero-order chi connectivity index (χ0) is 32.9. The first-order valence-electron chi connectivity index (χ1n) is 16.8. The molecule has 0 radical (unpaired) electrons. The van der Waals surface area contributed by atoms with Gasteiger partial charge in [-0.3, -0.25) is 0 Å². The molecule has 49 heavy (non-hydrogen) atoms. The number of benzene rings is 7. The van der Waals surface area contributed by atoms with Crippen LogP contribution in [-0.4, -0.2) is 9.13 Å². The van der Waals surface area contributed by atoms with E-state index in [0.29, 0.717) is 5.56 Å². The summed E-state index contributed by atoms with van der Waals surface area (Å²) in [5.41, 5.74) is 15.2. The summed E-state index contributed by atoms with van der Waals surface area (Å²) >= 11 is 0. The number of fused-ring (bicyclic) bond motifs is 9. The van der Waals surface area contributed by atoms with E-state index >= 15 is 0 Å². The predicted molar refractivity (Wildman–Crippen MR) is 203 cm³/mol. The van der Waals surface area contributed by atoms with Gasteiger partial charge in [-0.2, -0.15) is 5.26 Å². The van der Waals surface area contributed by atoms with Crippen molar-refractivity contribution in [1.29, 1.82) is 5.26 Å². The highest BCUT2D eigenvalue weighted by Crippen LogP contribution is 2.49. The highest BCUT2D eigenvalue weighted by atomic mass is 15.0. The van der Waals surface area contributed by atoms with Gasteiger partial charge >= 0.3 is 0 Å². The molecule has 3 nitrogen and oxygen atoms in total. The number of hydrogen-bond acceptors (Lipinski definition) is 1. The lowest BCUT2D eigenvalue weighted by atomic mass is 9.82. The van der Waals surface area contributed by atoms with Crippen LogP contribution in [0.4, 0.5) is 0 Å². The van der Waals surface area contributed by atoms with Gasteiger partial charge in [-0.15, -0.1) is 0 Å². The van der Waals surface area contributed by atoms with E-state index in [1.54, 1.807) is 0 Å². The number of aromatic nitrogens is 2. The number of para-hydroxylation sites is 2. The predicted octanol–water partition coefficient (Wildman–Crippen LogP) is 11.7. The molecule has 2 aromatic heterocycles. The van der Waals surface area contributed by atoms with Crippen molar-refractivity contribution in [3.8, 4) is 39.7 Å². The molecule has 9 aromatic rings. The number of rotatable bonds is 3. The molecule has 0 atom stereocenters. The Labute approximate surface area is 284 Å². The lowest BCUT2D eigenvalue weighted by Crippen LogP contribution is -2.15. The molecule has 1 aliphatic rings. The van der Waals surface area contributed by atoms with Gasteiger partial charge in [0.15, 0.2) is 0 Å². The first-order chi connectivity index (χ1) is 24.0. The van der Waals surface area contributed by atoms with Crippen molar-refractivity contribution in [3.05, 3.63) is 168 Å². The molecule has 0 unspecified atom stereocenters. The molecular weight excluding hydrogens is 595 g/mol. The third-order valence-corrected chi connectivity index (χ3v) is 10.7. The third-order valence-electron chi connectivity index (χ3n) is 10.7. The summed E-state index contributed by atoms with van der Waals surface area (Å²) in [6.45, 7) is 4.69. The second-order valence-corrected chi connectivity index (χ2v) is 13.7. The lowest BCUT2D eigenvalue weighted by Gasteiger charge is -2.22. The minimum absolute atomic E-state index is 0.0614. The van der Waals surface area contributed by atoms with Gasteiger partial charge in [0.1, 0.15) is 0 Å². The standard InChI is InChI=1S/C46H31N3/c1-46(2)40-15-6-3-12-34(40)35-21-20-33(27-41(35)46)49-43-17-8-5-14-37(43)39-26-31(19-23-45(39)49)30-18-22-44-38(25-30)36-13-4-7-16-42(36)48(44)32-11-9-10-29(24-32)28-47/h3-27H,1-2H3. The molecule has 0 aliphatic heterocycles. The Bertz CT molecular complexity index is 2870. The van der Waals surface area contributed by atoms with Gasteiger partial charge in [-0.25, -0.2) is 0 Å². The van der Waals surface area contributed by atoms with Gasteiger partial charge in [-0.1, -0.05) is 98.8 Å². The summed E-state index contributed by atoms with van der Waals surface area (Å²) in [4.78, 5) is 0. The van der Waals surface area contributed by atoms with Crippen LogP contribution in [0.2, 0.25) is 0 Å². The van der Waals surface area contributed by atoms with Crippen LogP contribution in [0.5, 0.6) is 0 Å². The van der Waals surface area contributed by atoms with Crippen LogP contribution in [0.1, 0.15) is 30.5 Å². The van der Waals surface area contributed by atoms with E-state index in [4.69, 9.17) is 0 Å². The molecule has 2 heterocycles. The van der Waals surface area contributed by atoms with Crippen molar-refractivity contribution in [1.82, 2.24) is 9.13 Å². The fourth-order valence-electron chi connectivity index (χ4n) is 8.41. The van der Waals surface area contributed by atoms with Crippen LogP contribution in [0, 0.1) is 11.3 Å². The number of hydrogen-bond donors (Lipinski definition) is 0. The van der Waals surface area contributed by atoms with Crippen molar-refractivity contribution in [2.24, 2.45) is 0 Å². The van der Waals surface area contributed by atoms with E-state index in [1.165, 1.54) is 71.6 Å². The Balaban J connectivity index is 1.14. The number of nitriles is 1. The largest absolute Gasteiger partial charge is 0.309 e. The van der Waals surface area contributed by atoms with Gasteiger partial charge in [0, 0.05) is 38.3 Å². The molecule has 3 heteroatoms. The maximum absolute atomic E-state index is 9.59. The van der Waals surface area contributed by atoms with Crippen LogP contribution in [0.15, 0.2) is 152 Å². The van der Waals surface area contributed by atoms with E-state index in [2.05, 4.69) is 163 Å². The average molecular weight is 626 g/mol. The van der Waals surface area contributed by atoms with Crippen molar-refractivity contribution >= 4 is 43.6 Å². The van der Waals surface area contributed by atoms with Crippen LogP contribution >= 0.6 is 0 Å². The van der Waals surface area contributed by atoms with Gasteiger partial charge in [0.25, 0.3) is 0 Å². The summed E-state index contributed by atoms with van der Waals surface area (Å²) in [6.07, 6.45) is 0. The van der Waals surface area contributed by atoms with Gasteiger partial charge in [0.05, 0.1) is 33.7 Å². The Kier molecular flexibility index (Phi) is 5.69.